The molecule has 1 N–H and O–H groups in total. The highest BCUT2D eigenvalue weighted by atomic mass is 79.9. The lowest BCUT2D eigenvalue weighted by molar-refractivity contribution is -0.117. The molecule has 0 bridgehead atoms. The molecule has 0 unspecified atom stereocenters. The van der Waals surface area contributed by atoms with E-state index in [9.17, 15) is 10.1 Å². The lowest BCUT2D eigenvalue weighted by atomic mass is 10.1. The molecule has 0 spiro atoms. The number of carbonyl (C=O) groups excluding carboxylic acids is 1. The second-order valence-corrected chi connectivity index (χ2v) is 5.57. The van der Waals surface area contributed by atoms with E-state index in [4.69, 9.17) is 14.2 Å². The molecule has 1 amide bonds. The van der Waals surface area contributed by atoms with Crippen LogP contribution in [0.4, 0.5) is 0 Å². The van der Waals surface area contributed by atoms with Gasteiger partial charge >= 0.3 is 0 Å². The Hall–Kier alpha value is -2.04. The van der Waals surface area contributed by atoms with Crippen LogP contribution in [0.5, 0.6) is 11.5 Å². The van der Waals surface area contributed by atoms with Crippen molar-refractivity contribution in [2.45, 2.75) is 13.3 Å². The predicted molar refractivity (Wildman–Crippen MR) is 88.0 cm³/mol. The van der Waals surface area contributed by atoms with Crippen molar-refractivity contribution in [3.63, 3.8) is 0 Å². The molecule has 0 fully saturated rings. The van der Waals surface area contributed by atoms with Gasteiger partial charge in [0.2, 0.25) is 6.79 Å². The Balaban J connectivity index is 2.03. The SMILES string of the molecule is CCOCCCNC(=O)/C(C#N)=C/c1cc(Br)c2c(c1)OCO2. The van der Waals surface area contributed by atoms with E-state index in [0.717, 1.165) is 0 Å². The minimum absolute atomic E-state index is 0.0344. The van der Waals surface area contributed by atoms with Crippen molar-refractivity contribution in [1.29, 1.82) is 5.26 Å². The highest BCUT2D eigenvalue weighted by Crippen LogP contribution is 2.40. The molecule has 0 aliphatic carbocycles. The van der Waals surface area contributed by atoms with Crippen LogP contribution >= 0.6 is 15.9 Å². The molecule has 1 aliphatic heterocycles. The summed E-state index contributed by atoms with van der Waals surface area (Å²) in [7, 11) is 0. The van der Waals surface area contributed by atoms with Gasteiger partial charge in [-0.05, 0) is 53.0 Å². The zero-order valence-electron chi connectivity index (χ0n) is 12.7. The molecule has 1 heterocycles. The van der Waals surface area contributed by atoms with Gasteiger partial charge in [0.05, 0.1) is 4.47 Å². The van der Waals surface area contributed by atoms with Gasteiger partial charge in [-0.1, -0.05) is 0 Å². The Morgan fingerprint density at radius 2 is 2.35 bits per heavy atom. The van der Waals surface area contributed by atoms with Crippen LogP contribution in [0.3, 0.4) is 0 Å². The van der Waals surface area contributed by atoms with Gasteiger partial charge in [0.25, 0.3) is 5.91 Å². The summed E-state index contributed by atoms with van der Waals surface area (Å²) in [6.07, 6.45) is 2.22. The number of amides is 1. The van der Waals surface area contributed by atoms with E-state index in [-0.39, 0.29) is 12.4 Å². The van der Waals surface area contributed by atoms with Crippen LogP contribution in [0, 0.1) is 11.3 Å². The normalized spacial score (nSPS) is 12.8. The molecule has 0 atom stereocenters. The van der Waals surface area contributed by atoms with E-state index in [2.05, 4.69) is 21.2 Å². The van der Waals surface area contributed by atoms with Gasteiger partial charge in [-0.15, -0.1) is 0 Å². The van der Waals surface area contributed by atoms with E-state index in [0.29, 0.717) is 47.7 Å². The first-order valence-electron chi connectivity index (χ1n) is 7.22. The summed E-state index contributed by atoms with van der Waals surface area (Å²) in [5.74, 6) is 0.804. The number of nitriles is 1. The van der Waals surface area contributed by atoms with E-state index in [1.165, 1.54) is 6.08 Å². The third-order valence-corrected chi connectivity index (χ3v) is 3.67. The number of ether oxygens (including phenoxy) is 3. The monoisotopic (exact) mass is 380 g/mol. The van der Waals surface area contributed by atoms with Gasteiger partial charge in [0.1, 0.15) is 11.6 Å². The average Bonchev–Trinajstić information content (AvgIpc) is 3.01. The maximum absolute atomic E-state index is 12.0. The molecule has 6 nitrogen and oxygen atoms in total. The van der Waals surface area contributed by atoms with Crippen molar-refractivity contribution in [1.82, 2.24) is 5.32 Å². The molecular weight excluding hydrogens is 364 g/mol. The van der Waals surface area contributed by atoms with Crippen LogP contribution < -0.4 is 14.8 Å². The largest absolute Gasteiger partial charge is 0.454 e. The zero-order valence-corrected chi connectivity index (χ0v) is 14.3. The number of nitrogens with one attached hydrogen (secondary N) is 1. The molecule has 7 heteroatoms. The molecule has 1 aliphatic rings. The number of carbonyl (C=O) groups is 1. The topological polar surface area (TPSA) is 80.6 Å². The summed E-state index contributed by atoms with van der Waals surface area (Å²) in [6, 6.07) is 5.42. The molecular formula is C16H17BrN2O4. The van der Waals surface area contributed by atoms with E-state index < -0.39 is 5.91 Å². The van der Waals surface area contributed by atoms with Crippen molar-refractivity contribution < 1.29 is 19.0 Å². The van der Waals surface area contributed by atoms with Crippen LogP contribution in [0.2, 0.25) is 0 Å². The number of nitrogens with zero attached hydrogens (tertiary/aromatic N) is 1. The highest BCUT2D eigenvalue weighted by Gasteiger charge is 2.18. The Morgan fingerprint density at radius 3 is 3.09 bits per heavy atom. The number of rotatable bonds is 7. The van der Waals surface area contributed by atoms with Crippen molar-refractivity contribution >= 4 is 27.9 Å². The molecule has 0 aromatic heterocycles. The number of benzene rings is 1. The minimum atomic E-state index is -0.405. The second kappa shape index (κ2) is 8.56. The Kier molecular flexibility index (Phi) is 6.44. The Labute approximate surface area is 143 Å². The number of halogens is 1. The summed E-state index contributed by atoms with van der Waals surface area (Å²) < 4.78 is 16.5. The van der Waals surface area contributed by atoms with Crippen LogP contribution in [0.1, 0.15) is 18.9 Å². The summed E-state index contributed by atoms with van der Waals surface area (Å²) in [4.78, 5) is 12.0. The molecule has 0 radical (unpaired) electrons. The van der Waals surface area contributed by atoms with Crippen LogP contribution in [-0.2, 0) is 9.53 Å². The standard InChI is InChI=1S/C16H17BrN2O4/c1-2-21-5-3-4-19-16(20)12(9-18)6-11-7-13(17)15-14(8-11)22-10-23-15/h6-8H,2-5,10H2,1H3,(H,19,20)/b12-6+. The molecule has 0 saturated heterocycles. The maximum Gasteiger partial charge on any atom is 0.261 e. The number of fused-ring (bicyclic) bond motifs is 1. The average molecular weight is 381 g/mol. The van der Waals surface area contributed by atoms with Crippen molar-refractivity contribution in [3.8, 4) is 17.6 Å². The van der Waals surface area contributed by atoms with Gasteiger partial charge in [0, 0.05) is 19.8 Å². The fourth-order valence-electron chi connectivity index (χ4n) is 2.00. The van der Waals surface area contributed by atoms with Crippen molar-refractivity contribution in [2.24, 2.45) is 0 Å². The molecule has 1 aromatic rings. The Bertz CT molecular complexity index is 652. The van der Waals surface area contributed by atoms with Gasteiger partial charge in [-0.3, -0.25) is 4.79 Å². The van der Waals surface area contributed by atoms with Gasteiger partial charge < -0.3 is 19.5 Å². The lowest BCUT2D eigenvalue weighted by Gasteiger charge is -2.05. The minimum Gasteiger partial charge on any atom is -0.454 e. The van der Waals surface area contributed by atoms with Crippen LogP contribution in [0.15, 0.2) is 22.2 Å². The van der Waals surface area contributed by atoms with Gasteiger partial charge in [-0.25, -0.2) is 0 Å². The third-order valence-electron chi connectivity index (χ3n) is 3.08. The van der Waals surface area contributed by atoms with Crippen molar-refractivity contribution in [2.75, 3.05) is 26.6 Å². The summed E-state index contributed by atoms with van der Waals surface area (Å²) in [6.45, 7) is 3.77. The summed E-state index contributed by atoms with van der Waals surface area (Å²) in [5, 5.41) is 11.9. The second-order valence-electron chi connectivity index (χ2n) is 4.71. The maximum atomic E-state index is 12.0. The van der Waals surface area contributed by atoms with Gasteiger partial charge in [0.15, 0.2) is 11.5 Å². The first-order valence-corrected chi connectivity index (χ1v) is 8.02. The first kappa shape index (κ1) is 17.3. The van der Waals surface area contributed by atoms with Crippen LogP contribution in [0.25, 0.3) is 6.08 Å². The van der Waals surface area contributed by atoms with Crippen LogP contribution in [-0.4, -0.2) is 32.5 Å². The van der Waals surface area contributed by atoms with E-state index >= 15 is 0 Å². The molecule has 122 valence electrons. The number of hydrogen-bond donors (Lipinski definition) is 1. The summed E-state index contributed by atoms with van der Waals surface area (Å²) >= 11 is 3.38. The van der Waals surface area contributed by atoms with E-state index in [1.807, 2.05) is 13.0 Å². The number of hydrogen-bond acceptors (Lipinski definition) is 5. The molecule has 2 rings (SSSR count). The zero-order chi connectivity index (χ0) is 16.7. The molecule has 23 heavy (non-hydrogen) atoms. The Morgan fingerprint density at radius 1 is 1.52 bits per heavy atom. The summed E-state index contributed by atoms with van der Waals surface area (Å²) in [5.41, 5.74) is 0.717. The highest BCUT2D eigenvalue weighted by molar-refractivity contribution is 9.10. The smallest absolute Gasteiger partial charge is 0.261 e. The quantitative estimate of drug-likeness (QED) is 0.446. The fraction of sp³-hybridized carbons (Fsp3) is 0.375. The first-order chi connectivity index (χ1) is 11.2. The molecule has 0 saturated carbocycles. The third kappa shape index (κ3) is 4.71. The van der Waals surface area contributed by atoms with Crippen molar-refractivity contribution in [3.05, 3.63) is 27.7 Å². The lowest BCUT2D eigenvalue weighted by Crippen LogP contribution is -2.26. The van der Waals surface area contributed by atoms with Gasteiger partial charge in [-0.2, -0.15) is 5.26 Å². The molecule has 1 aromatic carbocycles. The fourth-order valence-corrected chi connectivity index (χ4v) is 2.58. The van der Waals surface area contributed by atoms with E-state index in [1.54, 1.807) is 12.1 Å². The predicted octanol–water partition coefficient (Wildman–Crippen LogP) is 2.63.